The maximum Gasteiger partial charge on any atom is 0.364 e. The molecule has 0 spiro atoms. The first kappa shape index (κ1) is 27.9. The van der Waals surface area contributed by atoms with Crippen molar-refractivity contribution in [3.05, 3.63) is 112 Å². The number of aliphatic carboxylic acids is 3. The smallest absolute Gasteiger partial charge is 0.364 e. The van der Waals surface area contributed by atoms with Gasteiger partial charge in [-0.2, -0.15) is 4.39 Å². The molecule has 0 radical (unpaired) electrons. The second-order valence-corrected chi connectivity index (χ2v) is 7.24. The van der Waals surface area contributed by atoms with Crippen LogP contribution in [0.2, 0.25) is 0 Å². The van der Waals surface area contributed by atoms with E-state index in [0.717, 1.165) is 22.2 Å². The summed E-state index contributed by atoms with van der Waals surface area (Å²) < 4.78 is 13.4. The van der Waals surface area contributed by atoms with E-state index in [4.69, 9.17) is 15.3 Å². The molecule has 0 saturated carbocycles. The number of hydrogen-bond donors (Lipinski definition) is 3. The molecule has 1 aromatic heterocycles. The van der Waals surface area contributed by atoms with Crippen LogP contribution in [0.4, 0.5) is 4.39 Å². The van der Waals surface area contributed by atoms with Gasteiger partial charge in [0.05, 0.1) is 12.1 Å². The number of halogens is 2. The van der Waals surface area contributed by atoms with Gasteiger partial charge in [0, 0.05) is 16.7 Å². The summed E-state index contributed by atoms with van der Waals surface area (Å²) in [6.45, 7) is 0. The van der Waals surface area contributed by atoms with E-state index in [1.54, 1.807) is 60.8 Å². The zero-order chi connectivity index (χ0) is 25.3. The SMILES string of the molecule is O=C(O)C(F)=Cc1ccccc1.O=C(O)C=Cc1cccc(Br)c1.O=C(O)Cc1ccccn1. The largest absolute Gasteiger partial charge is 0.481 e. The highest BCUT2D eigenvalue weighted by Gasteiger charge is 2.03. The first-order valence-corrected chi connectivity index (χ1v) is 10.4. The monoisotopic (exact) mass is 529 g/mol. The van der Waals surface area contributed by atoms with Gasteiger partial charge in [0.15, 0.2) is 0 Å². The summed E-state index contributed by atoms with van der Waals surface area (Å²) in [4.78, 5) is 34.2. The first-order chi connectivity index (χ1) is 16.2. The van der Waals surface area contributed by atoms with Crippen molar-refractivity contribution in [1.82, 2.24) is 4.98 Å². The fraction of sp³-hybridized carbons (Fsp3) is 0.0400. The number of hydrogen-bond acceptors (Lipinski definition) is 4. The topological polar surface area (TPSA) is 125 Å². The van der Waals surface area contributed by atoms with E-state index in [1.807, 2.05) is 24.3 Å². The van der Waals surface area contributed by atoms with Crippen molar-refractivity contribution < 1.29 is 34.1 Å². The Labute approximate surface area is 203 Å². The molecule has 0 unspecified atom stereocenters. The van der Waals surface area contributed by atoms with E-state index in [0.29, 0.717) is 11.3 Å². The number of rotatable bonds is 6. The molecule has 0 aliphatic carbocycles. The van der Waals surface area contributed by atoms with E-state index >= 15 is 0 Å². The van der Waals surface area contributed by atoms with Gasteiger partial charge in [-0.1, -0.05) is 64.5 Å². The lowest BCUT2D eigenvalue weighted by Crippen LogP contribution is -2.01. The summed E-state index contributed by atoms with van der Waals surface area (Å²) in [7, 11) is 0. The predicted octanol–water partition coefficient (Wildman–Crippen LogP) is 5.34. The molecule has 0 saturated heterocycles. The fourth-order valence-electron chi connectivity index (χ4n) is 2.19. The quantitative estimate of drug-likeness (QED) is 0.368. The molecule has 3 N–H and O–H groups in total. The van der Waals surface area contributed by atoms with E-state index in [9.17, 15) is 18.8 Å². The normalized spacial score (nSPS) is 10.4. The molecule has 7 nitrogen and oxygen atoms in total. The highest BCUT2D eigenvalue weighted by molar-refractivity contribution is 9.10. The number of aromatic nitrogens is 1. The van der Waals surface area contributed by atoms with Crippen LogP contribution in [0.15, 0.2) is 95.4 Å². The van der Waals surface area contributed by atoms with E-state index in [2.05, 4.69) is 20.9 Å². The van der Waals surface area contributed by atoms with Crippen LogP contribution in [0.5, 0.6) is 0 Å². The van der Waals surface area contributed by atoms with Crippen molar-refractivity contribution >= 4 is 46.0 Å². The summed E-state index contributed by atoms with van der Waals surface area (Å²) >= 11 is 3.29. The molecular formula is C25H21BrFNO6. The molecule has 0 atom stereocenters. The lowest BCUT2D eigenvalue weighted by Gasteiger charge is -1.92. The Hall–Kier alpha value is -4.11. The number of benzene rings is 2. The lowest BCUT2D eigenvalue weighted by molar-refractivity contribution is -0.136. The van der Waals surface area contributed by atoms with Gasteiger partial charge in [-0.25, -0.2) is 9.59 Å². The second-order valence-electron chi connectivity index (χ2n) is 6.33. The molecule has 0 aliphatic rings. The average Bonchev–Trinajstić information content (AvgIpc) is 2.79. The van der Waals surface area contributed by atoms with Gasteiger partial charge in [0.2, 0.25) is 5.83 Å². The molecule has 0 bridgehead atoms. The van der Waals surface area contributed by atoms with Crippen LogP contribution in [0.25, 0.3) is 12.2 Å². The summed E-state index contributed by atoms with van der Waals surface area (Å²) in [5.74, 6) is -4.48. The standard InChI is InChI=1S/C9H7BrO2.C9H7FO2.C7H7NO2/c10-8-3-1-2-7(6-8)4-5-9(11)12;10-8(9(11)12)6-7-4-2-1-3-5-7;9-7(10)5-6-3-1-2-4-8-6/h2*1-6H,(H,11,12);1-4H,5H2,(H,9,10). The van der Waals surface area contributed by atoms with Crippen LogP contribution >= 0.6 is 15.9 Å². The summed E-state index contributed by atoms with van der Waals surface area (Å²) in [5.41, 5.74) is 2.00. The van der Waals surface area contributed by atoms with Gasteiger partial charge >= 0.3 is 17.9 Å². The Kier molecular flexibility index (Phi) is 12.9. The number of carbonyl (C=O) groups is 3. The Bertz CT molecular complexity index is 1130. The Morgan fingerprint density at radius 1 is 0.882 bits per heavy atom. The average molecular weight is 530 g/mol. The lowest BCUT2D eigenvalue weighted by atomic mass is 10.2. The van der Waals surface area contributed by atoms with Gasteiger partial charge in [-0.3, -0.25) is 9.78 Å². The van der Waals surface area contributed by atoms with E-state index < -0.39 is 23.7 Å². The Morgan fingerprint density at radius 2 is 1.53 bits per heavy atom. The highest BCUT2D eigenvalue weighted by Crippen LogP contribution is 2.12. The van der Waals surface area contributed by atoms with Gasteiger partial charge in [0.1, 0.15) is 0 Å². The number of carboxylic acids is 3. The molecule has 3 aromatic rings. The van der Waals surface area contributed by atoms with Crippen LogP contribution in [0.3, 0.4) is 0 Å². The third kappa shape index (κ3) is 13.3. The molecule has 9 heteroatoms. The maximum absolute atomic E-state index is 12.5. The van der Waals surface area contributed by atoms with Gasteiger partial charge in [-0.05, 0) is 47.5 Å². The number of nitrogens with zero attached hydrogens (tertiary/aromatic N) is 1. The van der Waals surface area contributed by atoms with Crippen LogP contribution in [-0.4, -0.2) is 38.2 Å². The van der Waals surface area contributed by atoms with Crippen LogP contribution in [0, 0.1) is 0 Å². The van der Waals surface area contributed by atoms with Gasteiger partial charge in [-0.15, -0.1) is 0 Å². The maximum atomic E-state index is 12.5. The minimum absolute atomic E-state index is 0.000833. The number of carboxylic acid groups (broad SMARTS) is 3. The second kappa shape index (κ2) is 15.7. The Morgan fingerprint density at radius 3 is 2.06 bits per heavy atom. The molecule has 1 heterocycles. The molecule has 34 heavy (non-hydrogen) atoms. The minimum Gasteiger partial charge on any atom is -0.481 e. The van der Waals surface area contributed by atoms with E-state index in [1.165, 1.54) is 0 Å². The van der Waals surface area contributed by atoms with Crippen LogP contribution in [-0.2, 0) is 20.8 Å². The molecule has 176 valence electrons. The summed E-state index contributed by atoms with van der Waals surface area (Å²) in [6.07, 6.45) is 5.22. The fourth-order valence-corrected chi connectivity index (χ4v) is 2.61. The van der Waals surface area contributed by atoms with Crippen molar-refractivity contribution in [2.75, 3.05) is 0 Å². The van der Waals surface area contributed by atoms with Crippen molar-refractivity contribution in [1.29, 1.82) is 0 Å². The molecule has 3 rings (SSSR count). The predicted molar refractivity (Wildman–Crippen MR) is 130 cm³/mol. The highest BCUT2D eigenvalue weighted by atomic mass is 79.9. The molecular weight excluding hydrogens is 509 g/mol. The van der Waals surface area contributed by atoms with Crippen LogP contribution in [0.1, 0.15) is 16.8 Å². The van der Waals surface area contributed by atoms with E-state index in [-0.39, 0.29) is 6.42 Å². The first-order valence-electron chi connectivity index (χ1n) is 9.61. The third-order valence-electron chi connectivity index (χ3n) is 3.62. The summed E-state index contributed by atoms with van der Waals surface area (Å²) in [5, 5.41) is 24.9. The Balaban J connectivity index is 0.000000256. The molecule has 0 fully saturated rings. The molecule has 0 aliphatic heterocycles. The third-order valence-corrected chi connectivity index (χ3v) is 4.12. The van der Waals surface area contributed by atoms with Gasteiger partial charge in [0.25, 0.3) is 0 Å². The van der Waals surface area contributed by atoms with Crippen LogP contribution < -0.4 is 0 Å². The van der Waals surface area contributed by atoms with Crippen molar-refractivity contribution in [3.8, 4) is 0 Å². The summed E-state index contributed by atoms with van der Waals surface area (Å²) in [6, 6.07) is 21.1. The van der Waals surface area contributed by atoms with Gasteiger partial charge < -0.3 is 15.3 Å². The zero-order valence-electron chi connectivity index (χ0n) is 17.7. The minimum atomic E-state index is -1.54. The zero-order valence-corrected chi connectivity index (χ0v) is 19.3. The molecule has 2 aromatic carbocycles. The number of pyridine rings is 1. The van der Waals surface area contributed by atoms with Crippen molar-refractivity contribution in [2.24, 2.45) is 0 Å². The van der Waals surface area contributed by atoms with Crippen molar-refractivity contribution in [2.45, 2.75) is 6.42 Å². The molecule has 0 amide bonds. The van der Waals surface area contributed by atoms with Crippen molar-refractivity contribution in [3.63, 3.8) is 0 Å².